The van der Waals surface area contributed by atoms with Gasteiger partial charge >= 0.3 is 12.3 Å². The molecule has 1 aliphatic heterocycles. The number of aliphatic imine (C=N–C) groups is 1. The number of anilines is 1. The van der Waals surface area contributed by atoms with Crippen LogP contribution >= 0.6 is 0 Å². The fourth-order valence-corrected chi connectivity index (χ4v) is 6.17. The number of amidine groups is 1. The number of hydrogen-bond donors (Lipinski definition) is 2. The molecule has 5 nitrogen and oxygen atoms in total. The van der Waals surface area contributed by atoms with Crippen LogP contribution in [0.15, 0.2) is 41.4 Å². The van der Waals surface area contributed by atoms with Gasteiger partial charge in [0.2, 0.25) is 0 Å². The lowest BCUT2D eigenvalue weighted by Gasteiger charge is -2.42. The number of ether oxygens (including phenoxy) is 1. The molecule has 4 atom stereocenters. The number of nitrogens with one attached hydrogen (secondary N) is 1. The molecule has 37 heavy (non-hydrogen) atoms. The van der Waals surface area contributed by atoms with Crippen molar-refractivity contribution in [2.75, 3.05) is 5.32 Å². The van der Waals surface area contributed by atoms with E-state index in [1.807, 2.05) is 13.0 Å². The molecule has 1 aliphatic carbocycles. The van der Waals surface area contributed by atoms with Crippen LogP contribution in [0.3, 0.4) is 0 Å². The Morgan fingerprint density at radius 2 is 1.84 bits per heavy atom. The van der Waals surface area contributed by atoms with Crippen LogP contribution in [0, 0.1) is 30.6 Å². The van der Waals surface area contributed by atoms with Gasteiger partial charge in [-0.25, -0.2) is 9.79 Å². The minimum absolute atomic E-state index is 0.230. The third-order valence-corrected chi connectivity index (χ3v) is 7.92. The van der Waals surface area contributed by atoms with Crippen LogP contribution in [-0.2, 0) is 0 Å². The highest BCUT2D eigenvalue weighted by Crippen LogP contribution is 2.50. The Morgan fingerprint density at radius 3 is 2.46 bits per heavy atom. The first kappa shape index (κ1) is 27.0. The minimum Gasteiger partial charge on any atom is -0.478 e. The first-order valence-corrected chi connectivity index (χ1v) is 13.0. The summed E-state index contributed by atoms with van der Waals surface area (Å²) in [6.07, 6.45) is 0.324. The summed E-state index contributed by atoms with van der Waals surface area (Å²) in [4.78, 5) is 16.8. The zero-order valence-electron chi connectivity index (χ0n) is 21.7. The number of alkyl halides is 3. The van der Waals surface area contributed by atoms with Crippen LogP contribution in [-0.4, -0.2) is 23.3 Å². The summed E-state index contributed by atoms with van der Waals surface area (Å²) in [5, 5.41) is 13.0. The molecule has 0 radical (unpaired) electrons. The van der Waals surface area contributed by atoms with Gasteiger partial charge in [-0.05, 0) is 97.2 Å². The van der Waals surface area contributed by atoms with Gasteiger partial charge in [-0.1, -0.05) is 33.3 Å². The lowest BCUT2D eigenvalue weighted by Crippen LogP contribution is -2.32. The molecular formula is C29H35F3N2O3. The molecule has 1 unspecified atom stereocenters. The number of hydrogen-bond acceptors (Lipinski definition) is 4. The summed E-state index contributed by atoms with van der Waals surface area (Å²) in [5.41, 5.74) is 3.30. The number of nitrogens with zero attached hydrogens (tertiary/aromatic N) is 1. The normalized spacial score (nSPS) is 24.2. The maximum Gasteiger partial charge on any atom is 0.573 e. The van der Waals surface area contributed by atoms with Crippen molar-refractivity contribution >= 4 is 23.2 Å². The van der Waals surface area contributed by atoms with Gasteiger partial charge in [0.25, 0.3) is 0 Å². The van der Waals surface area contributed by atoms with Crippen molar-refractivity contribution in [2.45, 2.75) is 72.1 Å². The van der Waals surface area contributed by atoms with Crippen molar-refractivity contribution in [3.8, 4) is 5.75 Å². The first-order chi connectivity index (χ1) is 17.4. The Balaban J connectivity index is 1.68. The smallest absolute Gasteiger partial charge is 0.478 e. The Labute approximate surface area is 216 Å². The van der Waals surface area contributed by atoms with Crippen LogP contribution in [0.25, 0.3) is 0 Å². The van der Waals surface area contributed by atoms with E-state index in [9.17, 15) is 23.1 Å². The van der Waals surface area contributed by atoms with E-state index in [0.717, 1.165) is 24.0 Å². The number of carboxylic acid groups (broad SMARTS) is 1. The van der Waals surface area contributed by atoms with Crippen molar-refractivity contribution in [1.29, 1.82) is 0 Å². The van der Waals surface area contributed by atoms with Gasteiger partial charge in [0.05, 0.1) is 11.3 Å². The fraction of sp³-hybridized carbons (Fsp3) is 0.517. The predicted octanol–water partition coefficient (Wildman–Crippen LogP) is 8.32. The molecule has 0 spiro atoms. The highest BCUT2D eigenvalue weighted by molar-refractivity contribution is 5.98. The number of carboxylic acids is 1. The molecule has 1 heterocycles. The number of rotatable bonds is 5. The number of benzene rings is 2. The van der Waals surface area contributed by atoms with Crippen molar-refractivity contribution in [3.05, 3.63) is 53.1 Å². The van der Waals surface area contributed by atoms with E-state index in [2.05, 4.69) is 30.8 Å². The van der Waals surface area contributed by atoms with Gasteiger partial charge in [0.15, 0.2) is 0 Å². The minimum atomic E-state index is -4.75. The van der Waals surface area contributed by atoms with Crippen molar-refractivity contribution < 1.29 is 27.8 Å². The summed E-state index contributed by atoms with van der Waals surface area (Å²) in [6, 6.07) is 9.23. The molecule has 0 aromatic heterocycles. The largest absolute Gasteiger partial charge is 0.573 e. The van der Waals surface area contributed by atoms with Crippen molar-refractivity contribution in [1.82, 2.24) is 0 Å². The molecule has 200 valence electrons. The van der Waals surface area contributed by atoms with E-state index in [4.69, 9.17) is 4.99 Å². The van der Waals surface area contributed by atoms with E-state index in [1.54, 1.807) is 6.07 Å². The van der Waals surface area contributed by atoms with E-state index >= 15 is 0 Å². The van der Waals surface area contributed by atoms with E-state index < -0.39 is 12.3 Å². The average Bonchev–Trinajstić information content (AvgIpc) is 2.97. The lowest BCUT2D eigenvalue weighted by molar-refractivity contribution is -0.274. The van der Waals surface area contributed by atoms with E-state index in [1.165, 1.54) is 37.1 Å². The molecule has 8 heteroatoms. The molecule has 0 amide bonds. The second-order valence-corrected chi connectivity index (χ2v) is 10.9. The van der Waals surface area contributed by atoms with Crippen LogP contribution in [0.2, 0.25) is 0 Å². The topological polar surface area (TPSA) is 70.9 Å². The number of carbonyl (C=O) groups is 1. The first-order valence-electron chi connectivity index (χ1n) is 13.0. The molecule has 1 saturated carbocycles. The van der Waals surface area contributed by atoms with Gasteiger partial charge in [0.1, 0.15) is 11.6 Å². The zero-order valence-corrected chi connectivity index (χ0v) is 21.7. The van der Waals surface area contributed by atoms with Gasteiger partial charge < -0.3 is 15.2 Å². The maximum atomic E-state index is 12.5. The van der Waals surface area contributed by atoms with Gasteiger partial charge in [-0.15, -0.1) is 13.2 Å². The molecule has 1 fully saturated rings. The van der Waals surface area contributed by atoms with Crippen LogP contribution < -0.4 is 10.1 Å². The van der Waals surface area contributed by atoms with Crippen LogP contribution in [0.4, 0.5) is 24.5 Å². The molecule has 2 aliphatic rings. The summed E-state index contributed by atoms with van der Waals surface area (Å²) in [5.74, 6) is 1.89. The number of aromatic carboxylic acids is 1. The van der Waals surface area contributed by atoms with Gasteiger partial charge in [-0.2, -0.15) is 0 Å². The van der Waals surface area contributed by atoms with E-state index in [-0.39, 0.29) is 17.2 Å². The third-order valence-electron chi connectivity index (χ3n) is 7.92. The number of aryl methyl sites for hydroxylation is 1. The third kappa shape index (κ3) is 6.46. The SMILES string of the molecule is Cc1cc2c(cc1C(=O)O)N=C(Nc1ccc(OC(F)(F)F)cc1)CC[C@@H]2C1C[C@H](C)CC[C@H]1C(C)C. The number of fused-ring (bicyclic) bond motifs is 1. The Hall–Kier alpha value is -3.03. The molecular weight excluding hydrogens is 481 g/mol. The van der Waals surface area contributed by atoms with Gasteiger partial charge in [0, 0.05) is 12.1 Å². The lowest BCUT2D eigenvalue weighted by atomic mass is 9.63. The summed E-state index contributed by atoms with van der Waals surface area (Å²) in [6.45, 7) is 8.73. The molecule has 2 N–H and O–H groups in total. The molecule has 2 aromatic carbocycles. The highest BCUT2D eigenvalue weighted by Gasteiger charge is 2.38. The second kappa shape index (κ2) is 10.8. The summed E-state index contributed by atoms with van der Waals surface area (Å²) in [7, 11) is 0. The van der Waals surface area contributed by atoms with E-state index in [0.29, 0.717) is 47.3 Å². The van der Waals surface area contributed by atoms with Gasteiger partial charge in [-0.3, -0.25) is 0 Å². The van der Waals surface area contributed by atoms with Crippen LogP contribution in [0.1, 0.15) is 80.3 Å². The Bertz CT molecular complexity index is 1160. The quantitative estimate of drug-likeness (QED) is 0.419. The fourth-order valence-electron chi connectivity index (χ4n) is 6.17. The predicted molar refractivity (Wildman–Crippen MR) is 139 cm³/mol. The standard InChI is InChI=1S/C29H35F3N2O3/c1-16(2)21-10-5-17(3)13-24(21)22-11-12-27(33-19-6-8-20(9-7-19)37-29(30,31)32)34-26-15-23(28(35)36)18(4)14-25(22)26/h6-9,14-17,21-22,24H,5,10-13H2,1-4H3,(H,33,34)(H,35,36)/t17-,21+,22-,24?/m1/s1. The average molecular weight is 517 g/mol. The monoisotopic (exact) mass is 516 g/mol. The summed E-state index contributed by atoms with van der Waals surface area (Å²) >= 11 is 0. The van der Waals surface area contributed by atoms with Crippen molar-refractivity contribution in [3.63, 3.8) is 0 Å². The van der Waals surface area contributed by atoms with Crippen molar-refractivity contribution in [2.24, 2.45) is 28.7 Å². The molecule has 2 aromatic rings. The molecule has 0 saturated heterocycles. The molecule has 0 bridgehead atoms. The van der Waals surface area contributed by atoms with Crippen LogP contribution in [0.5, 0.6) is 5.75 Å². The Kier molecular flexibility index (Phi) is 7.85. The highest BCUT2D eigenvalue weighted by atomic mass is 19.4. The maximum absolute atomic E-state index is 12.5. The second-order valence-electron chi connectivity index (χ2n) is 10.9. The zero-order chi connectivity index (χ0) is 26.9. The molecule has 4 rings (SSSR count). The summed E-state index contributed by atoms with van der Waals surface area (Å²) < 4.78 is 41.5. The number of halogens is 3. The Morgan fingerprint density at radius 1 is 1.14 bits per heavy atom.